The number of nitrogens with zero attached hydrogens (tertiary/aromatic N) is 1. The number of benzene rings is 1. The van der Waals surface area contributed by atoms with Crippen LogP contribution in [-0.4, -0.2) is 11.1 Å². The highest BCUT2D eigenvalue weighted by molar-refractivity contribution is 9.10. The molecule has 16 heavy (non-hydrogen) atoms. The van der Waals surface area contributed by atoms with Crippen LogP contribution in [0.25, 0.3) is 10.9 Å². The third-order valence-corrected chi connectivity index (χ3v) is 4.06. The van der Waals surface area contributed by atoms with Gasteiger partial charge in [-0.3, -0.25) is 0 Å². The summed E-state index contributed by atoms with van der Waals surface area (Å²) in [7, 11) is 2.08. The van der Waals surface area contributed by atoms with Gasteiger partial charge < -0.3 is 9.88 Å². The second-order valence-corrected chi connectivity index (χ2v) is 5.37. The highest BCUT2D eigenvalue weighted by atomic mass is 79.9. The topological polar surface area (TPSA) is 17.0 Å². The zero-order valence-electron chi connectivity index (χ0n) is 9.33. The molecule has 2 heterocycles. The zero-order chi connectivity index (χ0) is 11.1. The first-order valence-electron chi connectivity index (χ1n) is 5.73. The van der Waals surface area contributed by atoms with Crippen LogP contribution in [0.5, 0.6) is 0 Å². The Morgan fingerprint density at radius 2 is 2.31 bits per heavy atom. The summed E-state index contributed by atoms with van der Waals surface area (Å²) in [5.41, 5.74) is 2.70. The second kappa shape index (κ2) is 3.90. The summed E-state index contributed by atoms with van der Waals surface area (Å²) in [5, 5.41) is 4.86. The van der Waals surface area contributed by atoms with Crippen molar-refractivity contribution in [1.82, 2.24) is 9.88 Å². The van der Waals surface area contributed by atoms with Crippen LogP contribution in [0.2, 0.25) is 0 Å². The monoisotopic (exact) mass is 278 g/mol. The molecule has 1 aliphatic rings. The van der Waals surface area contributed by atoms with E-state index in [9.17, 15) is 0 Å². The van der Waals surface area contributed by atoms with E-state index in [4.69, 9.17) is 0 Å². The first kappa shape index (κ1) is 10.4. The van der Waals surface area contributed by atoms with Crippen molar-refractivity contribution in [3.05, 3.63) is 34.4 Å². The highest BCUT2D eigenvalue weighted by Crippen LogP contribution is 2.30. The molecule has 1 aromatic heterocycles. The maximum Gasteiger partial charge on any atom is 0.0489 e. The summed E-state index contributed by atoms with van der Waals surface area (Å²) in [6.45, 7) is 1.15. The minimum Gasteiger partial charge on any atom is -0.349 e. The number of aromatic nitrogens is 1. The summed E-state index contributed by atoms with van der Waals surface area (Å²) >= 11 is 3.62. The van der Waals surface area contributed by atoms with Gasteiger partial charge in [0.15, 0.2) is 0 Å². The molecule has 0 amide bonds. The molecular formula is C13H15BrN2. The van der Waals surface area contributed by atoms with E-state index in [1.807, 2.05) is 0 Å². The molecule has 0 spiro atoms. The maximum atomic E-state index is 3.62. The van der Waals surface area contributed by atoms with Crippen molar-refractivity contribution in [2.24, 2.45) is 7.05 Å². The number of halogens is 1. The Bertz CT molecular complexity index is 524. The molecule has 1 aliphatic heterocycles. The van der Waals surface area contributed by atoms with Gasteiger partial charge in [-0.05, 0) is 53.0 Å². The van der Waals surface area contributed by atoms with Crippen molar-refractivity contribution in [3.8, 4) is 0 Å². The SMILES string of the molecule is Cn1cc(Br)c2cc(C3CCCN3)ccc21. The molecule has 2 nitrogen and oxygen atoms in total. The van der Waals surface area contributed by atoms with Crippen molar-refractivity contribution in [2.75, 3.05) is 6.54 Å². The van der Waals surface area contributed by atoms with Crippen molar-refractivity contribution < 1.29 is 0 Å². The van der Waals surface area contributed by atoms with Crippen molar-refractivity contribution in [1.29, 1.82) is 0 Å². The molecule has 3 heteroatoms. The molecule has 84 valence electrons. The molecule has 1 N–H and O–H groups in total. The first-order chi connectivity index (χ1) is 7.75. The van der Waals surface area contributed by atoms with Crippen LogP contribution in [-0.2, 0) is 7.05 Å². The third kappa shape index (κ3) is 1.59. The lowest BCUT2D eigenvalue weighted by atomic mass is 10.0. The van der Waals surface area contributed by atoms with Gasteiger partial charge in [0.25, 0.3) is 0 Å². The fourth-order valence-corrected chi connectivity index (χ4v) is 3.17. The highest BCUT2D eigenvalue weighted by Gasteiger charge is 2.17. The average molecular weight is 279 g/mol. The smallest absolute Gasteiger partial charge is 0.0489 e. The summed E-state index contributed by atoms with van der Waals surface area (Å²) in [6, 6.07) is 7.33. The fraction of sp³-hybridized carbons (Fsp3) is 0.385. The number of nitrogens with one attached hydrogen (secondary N) is 1. The Kier molecular flexibility index (Phi) is 2.52. The lowest BCUT2D eigenvalue weighted by Crippen LogP contribution is -2.12. The van der Waals surface area contributed by atoms with Crippen molar-refractivity contribution >= 4 is 26.8 Å². The largest absolute Gasteiger partial charge is 0.349 e. The van der Waals surface area contributed by atoms with E-state index >= 15 is 0 Å². The number of hydrogen-bond donors (Lipinski definition) is 1. The number of rotatable bonds is 1. The van der Waals surface area contributed by atoms with E-state index in [1.165, 1.54) is 33.8 Å². The predicted octanol–water partition coefficient (Wildman–Crippen LogP) is 3.37. The molecule has 1 aromatic carbocycles. The zero-order valence-corrected chi connectivity index (χ0v) is 10.9. The van der Waals surface area contributed by atoms with Crippen LogP contribution in [0, 0.1) is 0 Å². The Morgan fingerprint density at radius 3 is 3.06 bits per heavy atom. The summed E-state index contributed by atoms with van der Waals surface area (Å²) in [6.07, 6.45) is 4.67. The molecule has 3 rings (SSSR count). The third-order valence-electron chi connectivity index (χ3n) is 3.43. The number of hydrogen-bond acceptors (Lipinski definition) is 1. The Morgan fingerprint density at radius 1 is 1.44 bits per heavy atom. The molecule has 1 saturated heterocycles. The minimum atomic E-state index is 0.552. The van der Waals surface area contributed by atoms with Crippen LogP contribution in [0.4, 0.5) is 0 Å². The number of fused-ring (bicyclic) bond motifs is 1. The van der Waals surface area contributed by atoms with Crippen LogP contribution in [0.15, 0.2) is 28.9 Å². The molecule has 0 saturated carbocycles. The van der Waals surface area contributed by atoms with Gasteiger partial charge in [0, 0.05) is 34.7 Å². The summed E-state index contributed by atoms with van der Waals surface area (Å²) in [4.78, 5) is 0. The molecule has 0 bridgehead atoms. The van der Waals surface area contributed by atoms with E-state index in [0.29, 0.717) is 6.04 Å². The summed E-state index contributed by atoms with van der Waals surface area (Å²) in [5.74, 6) is 0. The van der Waals surface area contributed by atoms with Gasteiger partial charge in [-0.2, -0.15) is 0 Å². The first-order valence-corrected chi connectivity index (χ1v) is 6.53. The van der Waals surface area contributed by atoms with Gasteiger partial charge in [0.1, 0.15) is 0 Å². The van der Waals surface area contributed by atoms with Gasteiger partial charge in [0.2, 0.25) is 0 Å². The fourth-order valence-electron chi connectivity index (χ4n) is 2.55. The van der Waals surface area contributed by atoms with Crippen LogP contribution in [0.1, 0.15) is 24.4 Å². The molecule has 0 radical (unpaired) electrons. The molecule has 1 atom stereocenters. The minimum absolute atomic E-state index is 0.552. The lowest BCUT2D eigenvalue weighted by molar-refractivity contribution is 0.648. The van der Waals surface area contributed by atoms with Gasteiger partial charge in [0.05, 0.1) is 0 Å². The molecule has 1 fully saturated rings. The molecule has 2 aromatic rings. The van der Waals surface area contributed by atoms with E-state index in [2.05, 4.69) is 57.3 Å². The normalized spacial score (nSPS) is 20.8. The van der Waals surface area contributed by atoms with E-state index < -0.39 is 0 Å². The van der Waals surface area contributed by atoms with E-state index in [1.54, 1.807) is 0 Å². The van der Waals surface area contributed by atoms with Gasteiger partial charge in [-0.25, -0.2) is 0 Å². The van der Waals surface area contributed by atoms with Gasteiger partial charge >= 0.3 is 0 Å². The molecule has 1 unspecified atom stereocenters. The van der Waals surface area contributed by atoms with E-state index in [-0.39, 0.29) is 0 Å². The van der Waals surface area contributed by atoms with Gasteiger partial charge in [-0.1, -0.05) is 6.07 Å². The van der Waals surface area contributed by atoms with E-state index in [0.717, 1.165) is 6.54 Å². The Labute approximate surface area is 104 Å². The van der Waals surface area contributed by atoms with Crippen LogP contribution < -0.4 is 5.32 Å². The number of aryl methyl sites for hydroxylation is 1. The summed E-state index contributed by atoms with van der Waals surface area (Å²) < 4.78 is 3.34. The molecular weight excluding hydrogens is 264 g/mol. The second-order valence-electron chi connectivity index (χ2n) is 4.51. The molecule has 0 aliphatic carbocycles. The van der Waals surface area contributed by atoms with Crippen molar-refractivity contribution in [2.45, 2.75) is 18.9 Å². The Hall–Kier alpha value is -0.800. The van der Waals surface area contributed by atoms with Crippen LogP contribution >= 0.6 is 15.9 Å². The quantitative estimate of drug-likeness (QED) is 0.847. The van der Waals surface area contributed by atoms with Crippen molar-refractivity contribution in [3.63, 3.8) is 0 Å². The van der Waals surface area contributed by atoms with Crippen LogP contribution in [0.3, 0.4) is 0 Å². The lowest BCUT2D eigenvalue weighted by Gasteiger charge is -2.10. The average Bonchev–Trinajstić information content (AvgIpc) is 2.88. The maximum absolute atomic E-state index is 3.62. The standard InChI is InChI=1S/C13H15BrN2/c1-16-8-11(14)10-7-9(4-5-13(10)16)12-3-2-6-15-12/h4-5,7-8,12,15H,2-3,6H2,1H3. The van der Waals surface area contributed by atoms with Gasteiger partial charge in [-0.15, -0.1) is 0 Å². The Balaban J connectivity index is 2.11. The predicted molar refractivity (Wildman–Crippen MR) is 70.6 cm³/mol.